The SMILES string of the molecule is CCCC1CCC2(CC1)CC(=O)NC(=O)C2C1CCCC1. The summed E-state index contributed by atoms with van der Waals surface area (Å²) in [7, 11) is 0. The zero-order valence-electron chi connectivity index (χ0n) is 13.3. The van der Waals surface area contributed by atoms with Crippen LogP contribution in [0.3, 0.4) is 0 Å². The van der Waals surface area contributed by atoms with Crippen LogP contribution in [0.2, 0.25) is 0 Å². The lowest BCUT2D eigenvalue weighted by Gasteiger charge is -2.49. The van der Waals surface area contributed by atoms with Crippen LogP contribution < -0.4 is 5.32 Å². The highest BCUT2D eigenvalue weighted by Gasteiger charge is 2.52. The molecule has 3 fully saturated rings. The largest absolute Gasteiger partial charge is 0.296 e. The van der Waals surface area contributed by atoms with Crippen LogP contribution in [-0.4, -0.2) is 11.8 Å². The molecule has 1 unspecified atom stereocenters. The minimum absolute atomic E-state index is 0.00132. The molecule has 0 aromatic carbocycles. The number of carbonyl (C=O) groups excluding carboxylic acids is 2. The molecule has 1 saturated heterocycles. The lowest BCUT2D eigenvalue weighted by atomic mass is 9.56. The third-order valence-corrected chi connectivity index (χ3v) is 6.39. The van der Waals surface area contributed by atoms with E-state index < -0.39 is 0 Å². The van der Waals surface area contributed by atoms with Gasteiger partial charge in [0.1, 0.15) is 0 Å². The summed E-state index contributed by atoms with van der Waals surface area (Å²) in [6, 6.07) is 0. The molecule has 0 bridgehead atoms. The highest BCUT2D eigenvalue weighted by atomic mass is 16.2. The molecule has 3 nitrogen and oxygen atoms in total. The molecule has 2 aliphatic carbocycles. The normalized spacial score (nSPS) is 38.0. The maximum Gasteiger partial charge on any atom is 0.230 e. The van der Waals surface area contributed by atoms with Crippen molar-refractivity contribution in [1.82, 2.24) is 5.32 Å². The molecule has 1 heterocycles. The minimum atomic E-state index is -0.0248. The first-order valence-corrected chi connectivity index (χ1v) is 8.98. The smallest absolute Gasteiger partial charge is 0.230 e. The van der Waals surface area contributed by atoms with Crippen molar-refractivity contribution in [3.63, 3.8) is 0 Å². The Morgan fingerprint density at radius 3 is 2.38 bits per heavy atom. The number of rotatable bonds is 3. The summed E-state index contributed by atoms with van der Waals surface area (Å²) in [5.74, 6) is 1.49. The van der Waals surface area contributed by atoms with Gasteiger partial charge in [-0.15, -0.1) is 0 Å². The summed E-state index contributed by atoms with van der Waals surface area (Å²) in [5.41, 5.74) is -0.00132. The van der Waals surface area contributed by atoms with Crippen molar-refractivity contribution in [2.75, 3.05) is 0 Å². The molecule has 0 aromatic heterocycles. The van der Waals surface area contributed by atoms with Crippen molar-refractivity contribution in [2.24, 2.45) is 23.2 Å². The standard InChI is InChI=1S/C18H29NO2/c1-2-5-13-8-10-18(11-9-13)12-15(20)19-17(21)16(18)14-6-3-4-7-14/h13-14,16H,2-12H2,1H3,(H,19,20,21). The van der Waals surface area contributed by atoms with Crippen LogP contribution >= 0.6 is 0 Å². The number of carbonyl (C=O) groups is 2. The number of piperidine rings is 1. The first-order chi connectivity index (χ1) is 10.1. The topological polar surface area (TPSA) is 46.2 Å². The Kier molecular flexibility index (Phi) is 4.37. The predicted molar refractivity (Wildman–Crippen MR) is 82.5 cm³/mol. The van der Waals surface area contributed by atoms with Gasteiger partial charge in [-0.3, -0.25) is 14.9 Å². The fourth-order valence-electron chi connectivity index (χ4n) is 5.41. The summed E-state index contributed by atoms with van der Waals surface area (Å²) < 4.78 is 0. The third-order valence-electron chi connectivity index (χ3n) is 6.39. The summed E-state index contributed by atoms with van der Waals surface area (Å²) in [4.78, 5) is 24.5. The van der Waals surface area contributed by atoms with Crippen LogP contribution in [0.1, 0.15) is 77.6 Å². The molecular weight excluding hydrogens is 262 g/mol. The molecule has 1 atom stereocenters. The summed E-state index contributed by atoms with van der Waals surface area (Å²) in [6.45, 7) is 2.25. The second-order valence-electron chi connectivity index (χ2n) is 7.71. The Balaban J connectivity index is 1.78. The van der Waals surface area contributed by atoms with Crippen molar-refractivity contribution >= 4 is 11.8 Å². The molecule has 3 aliphatic rings. The van der Waals surface area contributed by atoms with E-state index in [0.29, 0.717) is 12.3 Å². The molecule has 118 valence electrons. The van der Waals surface area contributed by atoms with Gasteiger partial charge < -0.3 is 0 Å². The maximum absolute atomic E-state index is 12.5. The average molecular weight is 291 g/mol. The molecule has 2 amide bonds. The van der Waals surface area contributed by atoms with Crippen molar-refractivity contribution in [1.29, 1.82) is 0 Å². The van der Waals surface area contributed by atoms with Gasteiger partial charge in [-0.05, 0) is 55.8 Å². The monoisotopic (exact) mass is 291 g/mol. The second kappa shape index (κ2) is 6.10. The number of hydrogen-bond donors (Lipinski definition) is 1. The van der Waals surface area contributed by atoms with Gasteiger partial charge in [0, 0.05) is 12.3 Å². The van der Waals surface area contributed by atoms with E-state index in [-0.39, 0.29) is 23.1 Å². The summed E-state index contributed by atoms with van der Waals surface area (Å²) >= 11 is 0. The van der Waals surface area contributed by atoms with E-state index in [9.17, 15) is 9.59 Å². The molecule has 0 radical (unpaired) electrons. The lowest BCUT2D eigenvalue weighted by molar-refractivity contribution is -0.149. The molecular formula is C18H29NO2. The van der Waals surface area contributed by atoms with Crippen molar-refractivity contribution in [2.45, 2.75) is 77.6 Å². The Hall–Kier alpha value is -0.860. The highest BCUT2D eigenvalue weighted by Crippen LogP contribution is 2.54. The molecule has 21 heavy (non-hydrogen) atoms. The van der Waals surface area contributed by atoms with Gasteiger partial charge in [0.15, 0.2) is 0 Å². The van der Waals surface area contributed by atoms with E-state index in [4.69, 9.17) is 0 Å². The van der Waals surface area contributed by atoms with Gasteiger partial charge in [0.25, 0.3) is 0 Å². The summed E-state index contributed by atoms with van der Waals surface area (Å²) in [5, 5.41) is 2.64. The average Bonchev–Trinajstić information content (AvgIpc) is 2.95. The quantitative estimate of drug-likeness (QED) is 0.804. The minimum Gasteiger partial charge on any atom is -0.296 e. The number of hydrogen-bond acceptors (Lipinski definition) is 2. The van der Waals surface area contributed by atoms with Gasteiger partial charge in [-0.25, -0.2) is 0 Å². The van der Waals surface area contributed by atoms with E-state index in [1.165, 1.54) is 51.4 Å². The fraction of sp³-hybridized carbons (Fsp3) is 0.889. The van der Waals surface area contributed by atoms with Crippen molar-refractivity contribution in [3.05, 3.63) is 0 Å². The first-order valence-electron chi connectivity index (χ1n) is 8.98. The van der Waals surface area contributed by atoms with Crippen LogP contribution in [0, 0.1) is 23.2 Å². The summed E-state index contributed by atoms with van der Waals surface area (Å²) in [6.07, 6.45) is 12.7. The Morgan fingerprint density at radius 2 is 1.76 bits per heavy atom. The van der Waals surface area contributed by atoms with Crippen molar-refractivity contribution < 1.29 is 9.59 Å². The van der Waals surface area contributed by atoms with Gasteiger partial charge in [0.05, 0.1) is 0 Å². The molecule has 1 spiro atoms. The predicted octanol–water partition coefficient (Wildman–Crippen LogP) is 3.82. The molecule has 1 N–H and O–H groups in total. The van der Waals surface area contributed by atoms with Crippen LogP contribution in [0.25, 0.3) is 0 Å². The Labute approximate surface area is 128 Å². The Morgan fingerprint density at radius 1 is 1.10 bits per heavy atom. The second-order valence-corrected chi connectivity index (χ2v) is 7.71. The van der Waals surface area contributed by atoms with E-state index in [0.717, 1.165) is 18.8 Å². The third kappa shape index (κ3) is 2.89. The zero-order valence-corrected chi connectivity index (χ0v) is 13.3. The molecule has 1 aliphatic heterocycles. The van der Waals surface area contributed by atoms with Gasteiger partial charge in [-0.1, -0.05) is 32.6 Å². The Bertz CT molecular complexity index is 403. The van der Waals surface area contributed by atoms with Crippen LogP contribution in [0.4, 0.5) is 0 Å². The lowest BCUT2D eigenvalue weighted by Crippen LogP contribution is -2.55. The number of amides is 2. The van der Waals surface area contributed by atoms with Crippen LogP contribution in [0.15, 0.2) is 0 Å². The molecule has 0 aromatic rings. The van der Waals surface area contributed by atoms with Crippen molar-refractivity contribution in [3.8, 4) is 0 Å². The maximum atomic E-state index is 12.5. The first kappa shape index (κ1) is 15.1. The zero-order chi connectivity index (χ0) is 14.9. The molecule has 3 rings (SSSR count). The fourth-order valence-corrected chi connectivity index (χ4v) is 5.41. The molecule has 3 heteroatoms. The van der Waals surface area contributed by atoms with E-state index in [1.807, 2.05) is 0 Å². The van der Waals surface area contributed by atoms with E-state index >= 15 is 0 Å². The number of imide groups is 1. The van der Waals surface area contributed by atoms with Gasteiger partial charge in [0.2, 0.25) is 11.8 Å². The van der Waals surface area contributed by atoms with Gasteiger partial charge >= 0.3 is 0 Å². The number of nitrogens with one attached hydrogen (secondary N) is 1. The van der Waals surface area contributed by atoms with Crippen LogP contribution in [-0.2, 0) is 9.59 Å². The highest BCUT2D eigenvalue weighted by molar-refractivity contribution is 5.99. The van der Waals surface area contributed by atoms with Gasteiger partial charge in [-0.2, -0.15) is 0 Å². The van der Waals surface area contributed by atoms with E-state index in [2.05, 4.69) is 12.2 Å². The molecule has 2 saturated carbocycles. The van der Waals surface area contributed by atoms with Crippen LogP contribution in [0.5, 0.6) is 0 Å². The van der Waals surface area contributed by atoms with E-state index in [1.54, 1.807) is 0 Å².